The van der Waals surface area contributed by atoms with Crippen molar-refractivity contribution in [1.82, 2.24) is 30.0 Å². The molecule has 0 saturated heterocycles. The van der Waals surface area contributed by atoms with Gasteiger partial charge >= 0.3 is 6.18 Å². The minimum absolute atomic E-state index is 0.0192. The molecule has 0 amide bonds. The van der Waals surface area contributed by atoms with Crippen LogP contribution in [-0.4, -0.2) is 46.5 Å². The molecule has 1 aliphatic heterocycles. The number of hydrogen-bond donors (Lipinski definition) is 2. The van der Waals surface area contributed by atoms with Gasteiger partial charge in [-0.15, -0.1) is 10.2 Å². The van der Waals surface area contributed by atoms with Gasteiger partial charge in [0.1, 0.15) is 4.90 Å². The lowest BCUT2D eigenvalue weighted by molar-refractivity contribution is -0.138. The van der Waals surface area contributed by atoms with Crippen molar-refractivity contribution >= 4 is 37.8 Å². The number of benzene rings is 1. The Kier molecular flexibility index (Phi) is 5.35. The lowest BCUT2D eigenvalue weighted by Gasteiger charge is -2.23. The quantitative estimate of drug-likeness (QED) is 0.503. The van der Waals surface area contributed by atoms with Crippen molar-refractivity contribution in [2.24, 2.45) is 0 Å². The summed E-state index contributed by atoms with van der Waals surface area (Å²) in [6.45, 7) is 4.11. The number of fused-ring (bicyclic) bond motifs is 1. The zero-order valence-electron chi connectivity index (χ0n) is 18.1. The summed E-state index contributed by atoms with van der Waals surface area (Å²) in [6.07, 6.45) is 0.0730. The third-order valence-corrected chi connectivity index (χ3v) is 8.53. The molecule has 3 heterocycles. The number of hydrogen-bond acceptors (Lipinski definition) is 7. The molecule has 2 N–H and O–H groups in total. The number of nitrogens with zero attached hydrogens (tertiary/aromatic N) is 4. The van der Waals surface area contributed by atoms with Gasteiger partial charge in [-0.25, -0.2) is 22.2 Å². The van der Waals surface area contributed by atoms with E-state index in [1.807, 2.05) is 6.92 Å². The van der Waals surface area contributed by atoms with Crippen LogP contribution in [0.2, 0.25) is 0 Å². The fourth-order valence-corrected chi connectivity index (χ4v) is 6.19. The van der Waals surface area contributed by atoms with Gasteiger partial charge in [-0.3, -0.25) is 0 Å². The molecule has 2 aliphatic rings. The molecule has 0 bridgehead atoms. The van der Waals surface area contributed by atoms with Gasteiger partial charge in [0.15, 0.2) is 5.82 Å². The molecular weight excluding hydrogens is 496 g/mol. The molecular formula is C20H20F4N6O2S2. The van der Waals surface area contributed by atoms with E-state index in [0.717, 1.165) is 10.7 Å². The first-order valence-corrected chi connectivity index (χ1v) is 12.8. The molecule has 3 aromatic rings. The highest BCUT2D eigenvalue weighted by molar-refractivity contribution is 7.89. The zero-order chi connectivity index (χ0) is 24.5. The summed E-state index contributed by atoms with van der Waals surface area (Å²) in [4.78, 5) is -0.586. The monoisotopic (exact) mass is 516 g/mol. The van der Waals surface area contributed by atoms with Crippen LogP contribution >= 0.6 is 11.3 Å². The van der Waals surface area contributed by atoms with Crippen LogP contribution in [0.4, 0.5) is 17.6 Å². The molecule has 1 aromatic carbocycles. The molecule has 14 heteroatoms. The van der Waals surface area contributed by atoms with E-state index < -0.39 is 37.5 Å². The van der Waals surface area contributed by atoms with Crippen molar-refractivity contribution in [1.29, 1.82) is 0 Å². The molecule has 34 heavy (non-hydrogen) atoms. The summed E-state index contributed by atoms with van der Waals surface area (Å²) in [5.74, 6) is -0.919. The summed E-state index contributed by atoms with van der Waals surface area (Å²) in [6, 6.07) is 1.11. The van der Waals surface area contributed by atoms with Crippen LogP contribution in [0.5, 0.6) is 0 Å². The van der Waals surface area contributed by atoms with Crippen molar-refractivity contribution in [2.75, 3.05) is 6.54 Å². The SMILES string of the molecule is CC1CC(c2c(F)c(S(=O)(=O)NC3(C)CC3)cc3c2cnn3-c2nnc(C(F)(F)F)s2)=CCN1. The Balaban J connectivity index is 1.74. The Morgan fingerprint density at radius 1 is 1.29 bits per heavy atom. The van der Waals surface area contributed by atoms with Crippen LogP contribution in [0.3, 0.4) is 0 Å². The lowest BCUT2D eigenvalue weighted by atomic mass is 9.93. The maximum Gasteiger partial charge on any atom is 0.445 e. The Morgan fingerprint density at radius 3 is 2.65 bits per heavy atom. The van der Waals surface area contributed by atoms with E-state index in [0.29, 0.717) is 31.4 Å². The minimum atomic E-state index is -4.69. The predicted molar refractivity (Wildman–Crippen MR) is 118 cm³/mol. The Hall–Kier alpha value is -2.42. The fraction of sp³-hybridized carbons (Fsp3) is 0.450. The summed E-state index contributed by atoms with van der Waals surface area (Å²) >= 11 is 0.262. The van der Waals surface area contributed by atoms with Crippen LogP contribution < -0.4 is 10.0 Å². The molecule has 1 aliphatic carbocycles. The van der Waals surface area contributed by atoms with Crippen LogP contribution in [0.1, 0.15) is 43.7 Å². The van der Waals surface area contributed by atoms with E-state index in [1.165, 1.54) is 6.20 Å². The average molecular weight is 517 g/mol. The Labute approximate surface area is 196 Å². The number of sulfonamides is 1. The van der Waals surface area contributed by atoms with Crippen molar-refractivity contribution < 1.29 is 26.0 Å². The lowest BCUT2D eigenvalue weighted by Crippen LogP contribution is -2.35. The average Bonchev–Trinajstić information content (AvgIpc) is 3.14. The fourth-order valence-electron chi connectivity index (χ4n) is 3.94. The van der Waals surface area contributed by atoms with Gasteiger partial charge in [-0.1, -0.05) is 17.4 Å². The van der Waals surface area contributed by atoms with Crippen molar-refractivity contribution in [3.8, 4) is 5.13 Å². The second kappa shape index (κ2) is 7.80. The summed E-state index contributed by atoms with van der Waals surface area (Å²) < 4.78 is 85.0. The highest BCUT2D eigenvalue weighted by Crippen LogP contribution is 2.40. The van der Waals surface area contributed by atoms with Gasteiger partial charge in [0.25, 0.3) is 0 Å². The van der Waals surface area contributed by atoms with Crippen LogP contribution in [-0.2, 0) is 16.2 Å². The Bertz CT molecular complexity index is 1420. The number of alkyl halides is 3. The van der Waals surface area contributed by atoms with E-state index in [2.05, 4.69) is 25.3 Å². The second-order valence-corrected chi connectivity index (χ2v) is 11.5. The third-order valence-electron chi connectivity index (χ3n) is 5.95. The minimum Gasteiger partial charge on any atom is -0.310 e. The highest BCUT2D eigenvalue weighted by Gasteiger charge is 2.42. The summed E-state index contributed by atoms with van der Waals surface area (Å²) in [5, 5.41) is 13.0. The van der Waals surface area contributed by atoms with Crippen molar-refractivity contribution in [2.45, 2.75) is 55.8 Å². The van der Waals surface area contributed by atoms with Gasteiger partial charge in [0.05, 0.1) is 11.7 Å². The normalized spacial score (nSPS) is 20.5. The highest BCUT2D eigenvalue weighted by atomic mass is 32.2. The van der Waals surface area contributed by atoms with Crippen LogP contribution in [0, 0.1) is 5.82 Å². The van der Waals surface area contributed by atoms with E-state index in [4.69, 9.17) is 0 Å². The third kappa shape index (κ3) is 4.12. The summed E-state index contributed by atoms with van der Waals surface area (Å²) in [5.41, 5.74) is 0.134. The first kappa shape index (κ1) is 23.3. The second-order valence-electron chi connectivity index (χ2n) is 8.85. The van der Waals surface area contributed by atoms with E-state index in [-0.39, 0.29) is 39.0 Å². The maximum atomic E-state index is 15.9. The molecule has 5 rings (SSSR count). The first-order valence-electron chi connectivity index (χ1n) is 10.5. The van der Waals surface area contributed by atoms with Gasteiger partial charge in [0.2, 0.25) is 20.2 Å². The molecule has 1 fully saturated rings. The number of aromatic nitrogens is 4. The van der Waals surface area contributed by atoms with Gasteiger partial charge in [0, 0.05) is 29.1 Å². The van der Waals surface area contributed by atoms with E-state index in [1.54, 1.807) is 13.0 Å². The van der Waals surface area contributed by atoms with Crippen molar-refractivity contribution in [3.05, 3.63) is 34.7 Å². The Morgan fingerprint density at radius 2 is 2.03 bits per heavy atom. The molecule has 0 radical (unpaired) electrons. The zero-order valence-corrected chi connectivity index (χ0v) is 19.7. The summed E-state index contributed by atoms with van der Waals surface area (Å²) in [7, 11) is -4.27. The molecule has 2 aromatic heterocycles. The molecule has 1 unspecified atom stereocenters. The van der Waals surface area contributed by atoms with Crippen LogP contribution in [0.25, 0.3) is 21.6 Å². The predicted octanol–water partition coefficient (Wildman–Crippen LogP) is 3.63. The number of halogens is 4. The molecule has 182 valence electrons. The van der Waals surface area contributed by atoms with E-state index in [9.17, 15) is 21.6 Å². The standard InChI is InChI=1S/C20H20F4N6O2S2/c1-10-7-11(3-6-25-10)15-12-9-26-30(18-28-27-17(33-18)20(22,23)24)13(12)8-14(16(15)21)34(31,32)29-19(2)4-5-19/h3,8-10,25,29H,4-7H2,1-2H3. The van der Waals surface area contributed by atoms with Gasteiger partial charge in [-0.05, 0) is 44.7 Å². The first-order chi connectivity index (χ1) is 15.9. The number of rotatable bonds is 5. The topological polar surface area (TPSA) is 102 Å². The number of nitrogens with one attached hydrogen (secondary N) is 2. The molecule has 0 spiro atoms. The van der Waals surface area contributed by atoms with Crippen molar-refractivity contribution in [3.63, 3.8) is 0 Å². The van der Waals surface area contributed by atoms with Gasteiger partial charge < -0.3 is 5.32 Å². The largest absolute Gasteiger partial charge is 0.445 e. The smallest absolute Gasteiger partial charge is 0.310 e. The van der Waals surface area contributed by atoms with Crippen LogP contribution in [0.15, 0.2) is 23.2 Å². The van der Waals surface area contributed by atoms with Gasteiger partial charge in [-0.2, -0.15) is 18.3 Å². The van der Waals surface area contributed by atoms with E-state index >= 15 is 4.39 Å². The molecule has 1 saturated carbocycles. The maximum absolute atomic E-state index is 15.9. The molecule has 8 nitrogen and oxygen atoms in total. The molecule has 1 atom stereocenters.